The lowest BCUT2D eigenvalue weighted by Crippen LogP contribution is -2.18. The number of carbonyl (C=O) groups is 1. The molecule has 0 saturated carbocycles. The molecule has 10 heteroatoms. The summed E-state index contributed by atoms with van der Waals surface area (Å²) >= 11 is 0. The molecule has 0 aliphatic rings. The zero-order valence-corrected chi connectivity index (χ0v) is 14.1. The lowest BCUT2D eigenvalue weighted by Gasteiger charge is -2.21. The van der Waals surface area contributed by atoms with Gasteiger partial charge in [-0.05, 0) is 23.8 Å². The molecular formula is C18H11F6N3O. The van der Waals surface area contributed by atoms with Crippen LogP contribution in [0.1, 0.15) is 12.1 Å². The van der Waals surface area contributed by atoms with Crippen LogP contribution in [0.5, 0.6) is 0 Å². The normalized spacial score (nSPS) is 11.1. The number of nitrogens with zero attached hydrogens (tertiary/aromatic N) is 3. The average Bonchev–Trinajstić information content (AvgIpc) is 2.96. The zero-order valence-electron chi connectivity index (χ0n) is 14.1. The first-order chi connectivity index (χ1) is 13.3. The molecule has 3 aromatic rings. The maximum absolute atomic E-state index is 14.4. The zero-order chi connectivity index (χ0) is 20.6. The van der Waals surface area contributed by atoms with E-state index in [9.17, 15) is 31.1 Å². The third-order valence-electron chi connectivity index (χ3n) is 3.99. The Bertz CT molecular complexity index is 1030. The molecule has 1 aromatic heterocycles. The van der Waals surface area contributed by atoms with Gasteiger partial charge in [-0.1, -0.05) is 18.2 Å². The Morgan fingerprint density at radius 1 is 1.07 bits per heavy atom. The van der Waals surface area contributed by atoms with E-state index in [1.54, 1.807) is 0 Å². The van der Waals surface area contributed by atoms with E-state index in [1.807, 2.05) is 0 Å². The van der Waals surface area contributed by atoms with Crippen molar-refractivity contribution in [3.63, 3.8) is 0 Å². The number of hydrogen-bond acceptors (Lipinski definition) is 2. The minimum absolute atomic E-state index is 0.0177. The highest BCUT2D eigenvalue weighted by atomic mass is 19.3. The van der Waals surface area contributed by atoms with Gasteiger partial charge in [-0.15, -0.1) is 0 Å². The number of halogens is 6. The number of benzene rings is 2. The van der Waals surface area contributed by atoms with Crippen LogP contribution in [0.3, 0.4) is 0 Å². The van der Waals surface area contributed by atoms with Crippen molar-refractivity contribution in [2.75, 3.05) is 4.90 Å². The van der Waals surface area contributed by atoms with Crippen molar-refractivity contribution in [2.24, 2.45) is 7.05 Å². The summed E-state index contributed by atoms with van der Waals surface area (Å²) in [5.41, 5.74) is -2.14. The highest BCUT2D eigenvalue weighted by Gasteiger charge is 2.29. The van der Waals surface area contributed by atoms with Gasteiger partial charge >= 0.3 is 0 Å². The van der Waals surface area contributed by atoms with Crippen molar-refractivity contribution < 1.29 is 31.1 Å². The van der Waals surface area contributed by atoms with Gasteiger partial charge < -0.3 is 0 Å². The van der Waals surface area contributed by atoms with Crippen molar-refractivity contribution >= 4 is 17.8 Å². The molecule has 0 radical (unpaired) electrons. The minimum Gasteiger partial charge on any atom is -0.278 e. The molecule has 0 aliphatic carbocycles. The summed E-state index contributed by atoms with van der Waals surface area (Å²) in [6.07, 6.45) is -3.12. The van der Waals surface area contributed by atoms with Crippen molar-refractivity contribution in [1.82, 2.24) is 9.78 Å². The molecule has 0 unspecified atom stereocenters. The fraction of sp³-hybridized carbons (Fsp3) is 0.111. The standard InChI is InChI=1S/C18H11F6N3O/c1-26-18(24)16(15(25-26)17(22)23)27(8-28)13-5-3-2-4-10(13)9-6-11(19)14(21)12(20)7-9/h2-8,17H,1H3. The molecule has 0 bridgehead atoms. The Kier molecular flexibility index (Phi) is 5.12. The van der Waals surface area contributed by atoms with E-state index in [2.05, 4.69) is 5.10 Å². The molecule has 1 amide bonds. The number of aryl methyl sites for hydroxylation is 1. The first-order valence-corrected chi connectivity index (χ1v) is 7.75. The van der Waals surface area contributed by atoms with Crippen LogP contribution in [-0.4, -0.2) is 16.2 Å². The second kappa shape index (κ2) is 7.37. The number of rotatable bonds is 5. The molecule has 0 aliphatic heterocycles. The van der Waals surface area contributed by atoms with E-state index in [1.165, 1.54) is 24.3 Å². The van der Waals surface area contributed by atoms with Crippen LogP contribution in [0.2, 0.25) is 0 Å². The summed E-state index contributed by atoms with van der Waals surface area (Å²) in [5, 5.41) is 3.37. The predicted molar refractivity (Wildman–Crippen MR) is 88.1 cm³/mol. The summed E-state index contributed by atoms with van der Waals surface area (Å²) in [7, 11) is 1.07. The second-order valence-corrected chi connectivity index (χ2v) is 5.70. The van der Waals surface area contributed by atoms with Crippen molar-refractivity contribution in [2.45, 2.75) is 6.43 Å². The highest BCUT2D eigenvalue weighted by molar-refractivity contribution is 5.94. The minimum atomic E-state index is -3.19. The quantitative estimate of drug-likeness (QED) is 0.349. The molecule has 28 heavy (non-hydrogen) atoms. The van der Waals surface area contributed by atoms with Crippen molar-refractivity contribution in [3.05, 3.63) is 65.5 Å². The van der Waals surface area contributed by atoms with Gasteiger partial charge in [-0.2, -0.15) is 9.49 Å². The molecule has 3 rings (SSSR count). The Labute approximate surface area is 154 Å². The van der Waals surface area contributed by atoms with Gasteiger partial charge in [0, 0.05) is 12.6 Å². The van der Waals surface area contributed by atoms with Crippen molar-refractivity contribution in [3.8, 4) is 11.1 Å². The van der Waals surface area contributed by atoms with Gasteiger partial charge in [-0.3, -0.25) is 9.69 Å². The lowest BCUT2D eigenvalue weighted by atomic mass is 10.0. The van der Waals surface area contributed by atoms with Gasteiger partial charge in [0.1, 0.15) is 5.69 Å². The number of anilines is 2. The first-order valence-electron chi connectivity index (χ1n) is 7.75. The number of hydrogen-bond donors (Lipinski definition) is 0. The Morgan fingerprint density at radius 2 is 1.68 bits per heavy atom. The smallest absolute Gasteiger partial charge is 0.278 e. The number of amides is 1. The topological polar surface area (TPSA) is 38.1 Å². The average molecular weight is 399 g/mol. The summed E-state index contributed by atoms with van der Waals surface area (Å²) in [4.78, 5) is 12.2. The molecule has 0 N–H and O–H groups in total. The van der Waals surface area contributed by atoms with Gasteiger partial charge in [0.15, 0.2) is 23.1 Å². The first kappa shape index (κ1) is 19.5. The maximum Gasteiger partial charge on any atom is 0.284 e. The van der Waals surface area contributed by atoms with Crippen LogP contribution in [0.25, 0.3) is 11.1 Å². The SMILES string of the molecule is Cn1nc(C(F)F)c(N(C=O)c2ccccc2-c2cc(F)c(F)c(F)c2)c1F. The largest absolute Gasteiger partial charge is 0.284 e. The van der Waals surface area contributed by atoms with Crippen LogP contribution in [0.4, 0.5) is 37.7 Å². The summed E-state index contributed by atoms with van der Waals surface area (Å²) < 4.78 is 82.0. The summed E-state index contributed by atoms with van der Waals surface area (Å²) in [6, 6.07) is 6.76. The number of carbonyl (C=O) groups excluding carboxylic acids is 1. The lowest BCUT2D eigenvalue weighted by molar-refractivity contribution is -0.106. The summed E-state index contributed by atoms with van der Waals surface area (Å²) in [6.45, 7) is 0. The molecule has 4 nitrogen and oxygen atoms in total. The fourth-order valence-electron chi connectivity index (χ4n) is 2.75. The Hall–Kier alpha value is -3.30. The van der Waals surface area contributed by atoms with E-state index in [4.69, 9.17) is 0 Å². The van der Waals surface area contributed by atoms with Crippen LogP contribution in [-0.2, 0) is 11.8 Å². The van der Waals surface area contributed by atoms with E-state index in [0.717, 1.165) is 7.05 Å². The molecule has 1 heterocycles. The van der Waals surface area contributed by atoms with Crippen LogP contribution in [0, 0.1) is 23.4 Å². The molecule has 146 valence electrons. The summed E-state index contributed by atoms with van der Waals surface area (Å²) in [5.74, 6) is -5.87. The molecule has 0 saturated heterocycles. The number of para-hydroxylation sites is 1. The highest BCUT2D eigenvalue weighted by Crippen LogP contribution is 2.39. The molecule has 0 spiro atoms. The third kappa shape index (κ3) is 3.21. The van der Waals surface area contributed by atoms with Gasteiger partial charge in [0.05, 0.1) is 5.69 Å². The molecular weight excluding hydrogens is 388 g/mol. The fourth-order valence-corrected chi connectivity index (χ4v) is 2.75. The maximum atomic E-state index is 14.4. The molecule has 0 fully saturated rings. The number of alkyl halides is 2. The van der Waals surface area contributed by atoms with Crippen LogP contribution in [0.15, 0.2) is 36.4 Å². The van der Waals surface area contributed by atoms with E-state index in [-0.39, 0.29) is 23.2 Å². The second-order valence-electron chi connectivity index (χ2n) is 5.70. The predicted octanol–water partition coefficient (Wildman–Crippen LogP) is 4.88. The van der Waals surface area contributed by atoms with Gasteiger partial charge in [0.2, 0.25) is 12.4 Å². The molecule has 0 atom stereocenters. The Morgan fingerprint density at radius 3 is 2.25 bits per heavy atom. The van der Waals surface area contributed by atoms with Gasteiger partial charge in [-0.25, -0.2) is 26.6 Å². The van der Waals surface area contributed by atoms with E-state index >= 15 is 0 Å². The number of aromatic nitrogens is 2. The monoisotopic (exact) mass is 399 g/mol. The van der Waals surface area contributed by atoms with Gasteiger partial charge in [0.25, 0.3) is 6.43 Å². The molecule has 2 aromatic carbocycles. The van der Waals surface area contributed by atoms with E-state index in [0.29, 0.717) is 21.7 Å². The Balaban J connectivity index is 2.24. The van der Waals surface area contributed by atoms with Crippen LogP contribution >= 0.6 is 0 Å². The van der Waals surface area contributed by atoms with Crippen LogP contribution < -0.4 is 4.90 Å². The third-order valence-corrected chi connectivity index (χ3v) is 3.99. The van der Waals surface area contributed by atoms with Crippen molar-refractivity contribution in [1.29, 1.82) is 0 Å². The van der Waals surface area contributed by atoms with E-state index < -0.39 is 41.2 Å².